The van der Waals surface area contributed by atoms with Crippen LogP contribution in [0.1, 0.15) is 0 Å². The van der Waals surface area contributed by atoms with Gasteiger partial charge in [0.15, 0.2) is 0 Å². The fourth-order valence-electron chi connectivity index (χ4n) is 1.21. The Hall–Kier alpha value is -1.19. The van der Waals surface area contributed by atoms with Gasteiger partial charge in [-0.05, 0) is 12.1 Å². The molecule has 2 N–H and O–H groups in total. The zero-order chi connectivity index (χ0) is 10.3. The Kier molecular flexibility index (Phi) is 2.13. The number of nitrogens with two attached hydrogens (primary N) is 1. The van der Waals surface area contributed by atoms with Gasteiger partial charge in [0.1, 0.15) is 10.6 Å². The van der Waals surface area contributed by atoms with Gasteiger partial charge in [0.2, 0.25) is 0 Å². The van der Waals surface area contributed by atoms with Crippen LogP contribution in [-0.4, -0.2) is 0 Å². The number of nitrogen functional groups attached to an aromatic ring is 1. The first-order valence-corrected chi connectivity index (χ1v) is 4.53. The fraction of sp³-hybridized carbons (Fsp3) is 0. The van der Waals surface area contributed by atoms with Crippen molar-refractivity contribution in [2.24, 2.45) is 0 Å². The molecule has 0 aliphatic heterocycles. The van der Waals surface area contributed by atoms with E-state index in [1.807, 2.05) is 0 Å². The van der Waals surface area contributed by atoms with Crippen LogP contribution in [0.5, 0.6) is 0 Å². The summed E-state index contributed by atoms with van der Waals surface area (Å²) in [7, 11) is 0. The molecule has 1 heterocycles. The van der Waals surface area contributed by atoms with Crippen LogP contribution in [0.15, 0.2) is 27.4 Å². The molecule has 0 saturated heterocycles. The zero-order valence-electron chi connectivity index (χ0n) is 6.88. The average molecular weight is 230 g/mol. The van der Waals surface area contributed by atoms with Gasteiger partial charge in [0, 0.05) is 5.69 Å². The standard InChI is InChI=1S/C9H5Cl2NO2/c10-7-6-4(12)2-1-3-5(6)14-9(13)8(7)11/h1-3H,12H2. The van der Waals surface area contributed by atoms with Crippen molar-refractivity contribution in [2.75, 3.05) is 5.73 Å². The molecule has 2 aromatic rings. The van der Waals surface area contributed by atoms with E-state index in [2.05, 4.69) is 0 Å². The van der Waals surface area contributed by atoms with E-state index in [-0.39, 0.29) is 10.0 Å². The van der Waals surface area contributed by atoms with Gasteiger partial charge < -0.3 is 10.2 Å². The third-order valence-electron chi connectivity index (χ3n) is 1.85. The van der Waals surface area contributed by atoms with Gasteiger partial charge in [-0.1, -0.05) is 29.3 Å². The average Bonchev–Trinajstić information content (AvgIpc) is 2.14. The van der Waals surface area contributed by atoms with E-state index in [9.17, 15) is 4.79 Å². The summed E-state index contributed by atoms with van der Waals surface area (Å²) < 4.78 is 4.90. The maximum atomic E-state index is 11.1. The Morgan fingerprint density at radius 2 is 1.93 bits per heavy atom. The molecule has 0 aliphatic rings. The number of benzene rings is 1. The molecule has 0 saturated carbocycles. The normalized spacial score (nSPS) is 10.7. The summed E-state index contributed by atoms with van der Waals surface area (Å²) in [6.07, 6.45) is 0. The highest BCUT2D eigenvalue weighted by atomic mass is 35.5. The van der Waals surface area contributed by atoms with Crippen molar-refractivity contribution in [2.45, 2.75) is 0 Å². The molecule has 0 fully saturated rings. The number of halogens is 2. The summed E-state index contributed by atoms with van der Waals surface area (Å²) in [4.78, 5) is 11.1. The lowest BCUT2D eigenvalue weighted by Crippen LogP contribution is -2.01. The van der Waals surface area contributed by atoms with Crippen LogP contribution in [-0.2, 0) is 0 Å². The van der Waals surface area contributed by atoms with Gasteiger partial charge in [-0.3, -0.25) is 0 Å². The molecule has 0 radical (unpaired) electrons. The molecule has 72 valence electrons. The van der Waals surface area contributed by atoms with E-state index in [1.165, 1.54) is 0 Å². The second kappa shape index (κ2) is 3.19. The number of fused-ring (bicyclic) bond motifs is 1. The number of rotatable bonds is 0. The van der Waals surface area contributed by atoms with E-state index in [0.29, 0.717) is 16.7 Å². The Morgan fingerprint density at radius 1 is 1.21 bits per heavy atom. The maximum absolute atomic E-state index is 11.1. The van der Waals surface area contributed by atoms with Crippen molar-refractivity contribution in [1.29, 1.82) is 0 Å². The number of anilines is 1. The van der Waals surface area contributed by atoms with Crippen molar-refractivity contribution in [3.63, 3.8) is 0 Å². The Labute approximate surface area is 89.0 Å². The second-order valence-electron chi connectivity index (χ2n) is 2.74. The first-order chi connectivity index (χ1) is 6.61. The molecule has 0 amide bonds. The number of hydrogen-bond donors (Lipinski definition) is 1. The molecule has 0 bridgehead atoms. The van der Waals surface area contributed by atoms with Gasteiger partial charge in [-0.25, -0.2) is 4.79 Å². The molecule has 0 aliphatic carbocycles. The van der Waals surface area contributed by atoms with Crippen molar-refractivity contribution < 1.29 is 4.42 Å². The molecule has 0 spiro atoms. The lowest BCUT2D eigenvalue weighted by atomic mass is 10.2. The number of hydrogen-bond acceptors (Lipinski definition) is 3. The third kappa shape index (κ3) is 1.25. The van der Waals surface area contributed by atoms with E-state index in [4.69, 9.17) is 33.4 Å². The molecule has 2 rings (SSSR count). The summed E-state index contributed by atoms with van der Waals surface area (Å²) in [6, 6.07) is 4.94. The van der Waals surface area contributed by atoms with E-state index < -0.39 is 5.63 Å². The molecule has 0 unspecified atom stereocenters. The highest BCUT2D eigenvalue weighted by molar-refractivity contribution is 6.45. The second-order valence-corrected chi connectivity index (χ2v) is 3.49. The fourth-order valence-corrected chi connectivity index (χ4v) is 1.62. The first-order valence-electron chi connectivity index (χ1n) is 3.77. The predicted octanol–water partition coefficient (Wildman–Crippen LogP) is 2.68. The van der Waals surface area contributed by atoms with E-state index in [1.54, 1.807) is 18.2 Å². The lowest BCUT2D eigenvalue weighted by molar-refractivity contribution is 0.561. The van der Waals surface area contributed by atoms with Crippen LogP contribution in [0.3, 0.4) is 0 Å². The molecule has 5 heteroatoms. The highest BCUT2D eigenvalue weighted by Crippen LogP contribution is 2.31. The summed E-state index contributed by atoms with van der Waals surface area (Å²) in [5, 5.41) is 0.465. The van der Waals surface area contributed by atoms with Crippen molar-refractivity contribution in [1.82, 2.24) is 0 Å². The minimum absolute atomic E-state index is 0.135. The van der Waals surface area contributed by atoms with Crippen LogP contribution in [0, 0.1) is 0 Å². The third-order valence-corrected chi connectivity index (χ3v) is 2.67. The van der Waals surface area contributed by atoms with Gasteiger partial charge in [0.05, 0.1) is 10.4 Å². The maximum Gasteiger partial charge on any atom is 0.356 e. The molecule has 3 nitrogen and oxygen atoms in total. The predicted molar refractivity (Wildman–Crippen MR) is 56.9 cm³/mol. The first kappa shape index (κ1) is 9.37. The Morgan fingerprint density at radius 3 is 2.64 bits per heavy atom. The largest absolute Gasteiger partial charge is 0.421 e. The van der Waals surface area contributed by atoms with Crippen molar-refractivity contribution >= 4 is 39.9 Å². The minimum Gasteiger partial charge on any atom is -0.421 e. The van der Waals surface area contributed by atoms with Crippen LogP contribution < -0.4 is 11.4 Å². The van der Waals surface area contributed by atoms with Gasteiger partial charge in [-0.15, -0.1) is 0 Å². The smallest absolute Gasteiger partial charge is 0.356 e. The summed E-state index contributed by atoms with van der Waals surface area (Å²) >= 11 is 11.5. The van der Waals surface area contributed by atoms with Gasteiger partial charge >= 0.3 is 5.63 Å². The molecule has 1 aromatic heterocycles. The van der Waals surface area contributed by atoms with E-state index in [0.717, 1.165) is 0 Å². The van der Waals surface area contributed by atoms with Crippen molar-refractivity contribution in [3.05, 3.63) is 38.7 Å². The van der Waals surface area contributed by atoms with Crippen LogP contribution in [0.4, 0.5) is 5.69 Å². The van der Waals surface area contributed by atoms with Crippen molar-refractivity contribution in [3.8, 4) is 0 Å². The Bertz CT molecular complexity index is 562. The Balaban J connectivity index is 3.07. The summed E-state index contributed by atoms with van der Waals surface area (Å²) in [5.41, 5.74) is 5.78. The van der Waals surface area contributed by atoms with Crippen LogP contribution in [0.2, 0.25) is 10.0 Å². The molecule has 0 atom stereocenters. The van der Waals surface area contributed by atoms with Gasteiger partial charge in [0.25, 0.3) is 0 Å². The SMILES string of the molecule is Nc1cccc2oc(=O)c(Cl)c(Cl)c12. The topological polar surface area (TPSA) is 56.2 Å². The molecule has 14 heavy (non-hydrogen) atoms. The molecular weight excluding hydrogens is 225 g/mol. The van der Waals surface area contributed by atoms with Gasteiger partial charge in [-0.2, -0.15) is 0 Å². The van der Waals surface area contributed by atoms with E-state index >= 15 is 0 Å². The summed E-state index contributed by atoms with van der Waals surface area (Å²) in [5.74, 6) is 0. The summed E-state index contributed by atoms with van der Waals surface area (Å²) in [6.45, 7) is 0. The quantitative estimate of drug-likeness (QED) is 0.559. The lowest BCUT2D eigenvalue weighted by Gasteiger charge is -2.03. The molecular formula is C9H5Cl2NO2. The van der Waals surface area contributed by atoms with Crippen LogP contribution >= 0.6 is 23.2 Å². The zero-order valence-corrected chi connectivity index (χ0v) is 8.39. The van der Waals surface area contributed by atoms with Crippen LogP contribution in [0.25, 0.3) is 11.0 Å². The minimum atomic E-state index is -0.658. The highest BCUT2D eigenvalue weighted by Gasteiger charge is 2.12. The molecule has 1 aromatic carbocycles. The monoisotopic (exact) mass is 229 g/mol.